The number of aryl methyl sites for hydroxylation is 2. The van der Waals surface area contributed by atoms with Crippen LogP contribution in [0.4, 0.5) is 5.69 Å². The number of anilines is 1. The fraction of sp³-hybridized carbons (Fsp3) is 0.167. The minimum absolute atomic E-state index is 0.151. The lowest BCUT2D eigenvalue weighted by Crippen LogP contribution is -2.40. The van der Waals surface area contributed by atoms with Gasteiger partial charge in [0.1, 0.15) is 11.5 Å². The van der Waals surface area contributed by atoms with Crippen molar-refractivity contribution in [2.75, 3.05) is 5.32 Å². The highest BCUT2D eigenvalue weighted by Crippen LogP contribution is 2.13. The van der Waals surface area contributed by atoms with Crippen LogP contribution in [0.3, 0.4) is 0 Å². The second kappa shape index (κ2) is 7.96. The highest BCUT2D eigenvalue weighted by molar-refractivity contribution is 5.98. The molecule has 0 radical (unpaired) electrons. The summed E-state index contributed by atoms with van der Waals surface area (Å²) in [6.45, 7) is 4.84. The van der Waals surface area contributed by atoms with Crippen molar-refractivity contribution < 1.29 is 18.8 Å². The molecule has 25 heavy (non-hydrogen) atoms. The Morgan fingerprint density at radius 2 is 1.72 bits per heavy atom. The number of benzene rings is 1. The van der Waals surface area contributed by atoms with E-state index in [9.17, 15) is 14.4 Å². The summed E-state index contributed by atoms with van der Waals surface area (Å²) in [5.74, 6) is 0.0324. The van der Waals surface area contributed by atoms with E-state index in [2.05, 4.69) is 16.2 Å². The first kappa shape index (κ1) is 18.0. The number of nitrogens with one attached hydrogen (secondary N) is 3. The lowest BCUT2D eigenvalue weighted by Gasteiger charge is -2.04. The summed E-state index contributed by atoms with van der Waals surface area (Å²) in [7, 11) is 0. The van der Waals surface area contributed by atoms with Gasteiger partial charge >= 0.3 is 0 Å². The molecule has 0 spiro atoms. The van der Waals surface area contributed by atoms with Gasteiger partial charge in [0, 0.05) is 18.7 Å². The monoisotopic (exact) mass is 341 g/mol. The third-order valence-corrected chi connectivity index (χ3v) is 3.24. The van der Waals surface area contributed by atoms with E-state index in [1.807, 2.05) is 0 Å². The van der Waals surface area contributed by atoms with E-state index < -0.39 is 11.8 Å². The molecule has 0 aliphatic carbocycles. The van der Waals surface area contributed by atoms with Crippen LogP contribution in [0.25, 0.3) is 6.08 Å². The van der Waals surface area contributed by atoms with Crippen LogP contribution in [0.2, 0.25) is 0 Å². The zero-order valence-electron chi connectivity index (χ0n) is 14.2. The van der Waals surface area contributed by atoms with Crippen LogP contribution < -0.4 is 16.2 Å². The molecule has 0 saturated heterocycles. The average Bonchev–Trinajstić information content (AvgIpc) is 2.90. The summed E-state index contributed by atoms with van der Waals surface area (Å²) >= 11 is 0. The molecule has 0 unspecified atom stereocenters. The summed E-state index contributed by atoms with van der Waals surface area (Å²) in [5.41, 5.74) is 6.44. The van der Waals surface area contributed by atoms with Gasteiger partial charge in [-0.05, 0) is 43.7 Å². The van der Waals surface area contributed by atoms with E-state index in [1.54, 1.807) is 50.3 Å². The summed E-state index contributed by atoms with van der Waals surface area (Å²) in [6, 6.07) is 8.56. The van der Waals surface area contributed by atoms with Gasteiger partial charge in [0.15, 0.2) is 0 Å². The minimum atomic E-state index is -0.475. The molecule has 7 nitrogen and oxygen atoms in total. The van der Waals surface area contributed by atoms with Crippen LogP contribution in [0.15, 0.2) is 40.8 Å². The van der Waals surface area contributed by atoms with Crippen molar-refractivity contribution in [1.82, 2.24) is 10.9 Å². The predicted molar refractivity (Wildman–Crippen MR) is 93.6 cm³/mol. The topological polar surface area (TPSA) is 100 Å². The standard InChI is InChI=1S/C18H19N3O4/c1-11-10-16(12(2)25-11)18(24)21-20-17(23)9-6-14-4-7-15(8-5-14)19-13(3)22/h4-10H,1-3H3,(H,19,22)(H,20,23)(H,21,24)/b9-6+. The molecule has 0 saturated carbocycles. The number of rotatable bonds is 4. The molecule has 0 atom stereocenters. The van der Waals surface area contributed by atoms with Gasteiger partial charge in [-0.25, -0.2) is 0 Å². The number of amides is 3. The zero-order chi connectivity index (χ0) is 18.4. The van der Waals surface area contributed by atoms with Crippen molar-refractivity contribution in [2.24, 2.45) is 0 Å². The van der Waals surface area contributed by atoms with Crippen LogP contribution in [0, 0.1) is 13.8 Å². The lowest BCUT2D eigenvalue weighted by atomic mass is 10.2. The van der Waals surface area contributed by atoms with E-state index in [0.717, 1.165) is 5.56 Å². The SMILES string of the molecule is CC(=O)Nc1ccc(/C=C/C(=O)NNC(=O)c2cc(C)oc2C)cc1. The molecule has 2 aromatic rings. The number of hydrogen-bond acceptors (Lipinski definition) is 4. The van der Waals surface area contributed by atoms with E-state index in [0.29, 0.717) is 22.8 Å². The van der Waals surface area contributed by atoms with Crippen molar-refractivity contribution in [2.45, 2.75) is 20.8 Å². The summed E-state index contributed by atoms with van der Waals surface area (Å²) in [6.07, 6.45) is 2.88. The highest BCUT2D eigenvalue weighted by Gasteiger charge is 2.13. The van der Waals surface area contributed by atoms with Gasteiger partial charge in [-0.15, -0.1) is 0 Å². The maximum atomic E-state index is 11.9. The third kappa shape index (κ3) is 5.35. The Bertz CT molecular complexity index is 819. The zero-order valence-corrected chi connectivity index (χ0v) is 14.2. The average molecular weight is 341 g/mol. The fourth-order valence-corrected chi connectivity index (χ4v) is 2.14. The number of hydrogen-bond donors (Lipinski definition) is 3. The van der Waals surface area contributed by atoms with Gasteiger partial charge in [-0.2, -0.15) is 0 Å². The van der Waals surface area contributed by atoms with Crippen molar-refractivity contribution in [3.63, 3.8) is 0 Å². The van der Waals surface area contributed by atoms with Gasteiger partial charge < -0.3 is 9.73 Å². The Kier molecular flexibility index (Phi) is 5.73. The Hall–Kier alpha value is -3.35. The van der Waals surface area contributed by atoms with Gasteiger partial charge in [-0.1, -0.05) is 12.1 Å². The summed E-state index contributed by atoms with van der Waals surface area (Å²) in [4.78, 5) is 34.6. The second-order valence-corrected chi connectivity index (χ2v) is 5.41. The molecule has 130 valence electrons. The van der Waals surface area contributed by atoms with Crippen molar-refractivity contribution in [3.05, 3.63) is 59.1 Å². The Labute approximate surface area is 145 Å². The molecule has 1 heterocycles. The molecule has 7 heteroatoms. The lowest BCUT2D eigenvalue weighted by molar-refractivity contribution is -0.117. The van der Waals surface area contributed by atoms with Crippen molar-refractivity contribution in [1.29, 1.82) is 0 Å². The number of carbonyl (C=O) groups excluding carboxylic acids is 3. The van der Waals surface area contributed by atoms with Crippen LogP contribution in [0.5, 0.6) is 0 Å². The number of furan rings is 1. The second-order valence-electron chi connectivity index (χ2n) is 5.41. The Morgan fingerprint density at radius 3 is 2.28 bits per heavy atom. The van der Waals surface area contributed by atoms with Crippen LogP contribution >= 0.6 is 0 Å². The molecule has 0 fully saturated rings. The first-order chi connectivity index (χ1) is 11.8. The van der Waals surface area contributed by atoms with Gasteiger partial charge in [0.2, 0.25) is 5.91 Å². The molecule has 0 aliphatic heterocycles. The molecule has 3 N–H and O–H groups in total. The molecule has 3 amide bonds. The van der Waals surface area contributed by atoms with E-state index in [1.165, 1.54) is 13.0 Å². The quantitative estimate of drug-likeness (QED) is 0.587. The van der Waals surface area contributed by atoms with Crippen LogP contribution in [-0.2, 0) is 9.59 Å². The molecule has 1 aromatic heterocycles. The van der Waals surface area contributed by atoms with Gasteiger partial charge in [0.05, 0.1) is 5.56 Å². The first-order valence-electron chi connectivity index (χ1n) is 7.58. The predicted octanol–water partition coefficient (Wildman–Crippen LogP) is 2.33. The van der Waals surface area contributed by atoms with Crippen LogP contribution in [0.1, 0.15) is 34.4 Å². The highest BCUT2D eigenvalue weighted by atomic mass is 16.3. The fourth-order valence-electron chi connectivity index (χ4n) is 2.14. The van der Waals surface area contributed by atoms with Gasteiger partial charge in [-0.3, -0.25) is 25.2 Å². The van der Waals surface area contributed by atoms with E-state index >= 15 is 0 Å². The van der Waals surface area contributed by atoms with Crippen molar-refractivity contribution in [3.8, 4) is 0 Å². The first-order valence-corrected chi connectivity index (χ1v) is 7.58. The van der Waals surface area contributed by atoms with Crippen LogP contribution in [-0.4, -0.2) is 17.7 Å². The molecular formula is C18H19N3O4. The molecule has 0 aliphatic rings. The smallest absolute Gasteiger partial charge is 0.273 e. The molecule has 2 rings (SSSR count). The molecule has 0 bridgehead atoms. The minimum Gasteiger partial charge on any atom is -0.466 e. The largest absolute Gasteiger partial charge is 0.466 e. The summed E-state index contributed by atoms with van der Waals surface area (Å²) < 4.78 is 5.27. The molecule has 1 aromatic carbocycles. The Balaban J connectivity index is 1.87. The number of carbonyl (C=O) groups is 3. The summed E-state index contributed by atoms with van der Waals surface area (Å²) in [5, 5.41) is 2.65. The van der Waals surface area contributed by atoms with E-state index in [-0.39, 0.29) is 5.91 Å². The Morgan fingerprint density at radius 1 is 1.04 bits per heavy atom. The molecular weight excluding hydrogens is 322 g/mol. The number of hydrazine groups is 1. The van der Waals surface area contributed by atoms with Crippen molar-refractivity contribution >= 4 is 29.5 Å². The van der Waals surface area contributed by atoms with E-state index in [4.69, 9.17) is 4.42 Å². The third-order valence-electron chi connectivity index (χ3n) is 3.24. The van der Waals surface area contributed by atoms with Gasteiger partial charge in [0.25, 0.3) is 11.8 Å². The normalized spacial score (nSPS) is 10.5. The maximum Gasteiger partial charge on any atom is 0.273 e. The maximum absolute atomic E-state index is 11.9.